The van der Waals surface area contributed by atoms with E-state index in [-0.39, 0.29) is 16.8 Å². The fourth-order valence-corrected chi connectivity index (χ4v) is 2.64. The summed E-state index contributed by atoms with van der Waals surface area (Å²) < 4.78 is 1.75. The largest absolute Gasteiger partial charge is 0.383 e. The number of thioether (sulfide) groups is 1. The fourth-order valence-electron chi connectivity index (χ4n) is 1.83. The van der Waals surface area contributed by atoms with E-state index in [1.54, 1.807) is 30.0 Å². The Kier molecular flexibility index (Phi) is 6.13. The topological polar surface area (TPSA) is 115 Å². The van der Waals surface area contributed by atoms with Crippen molar-refractivity contribution in [1.29, 1.82) is 0 Å². The third-order valence-corrected chi connectivity index (χ3v) is 4.30. The van der Waals surface area contributed by atoms with E-state index in [9.17, 15) is 14.9 Å². The first-order valence-corrected chi connectivity index (χ1v) is 8.12. The molecule has 0 unspecified atom stereocenters. The van der Waals surface area contributed by atoms with Crippen molar-refractivity contribution >= 4 is 29.0 Å². The highest BCUT2D eigenvalue weighted by atomic mass is 32.2. The van der Waals surface area contributed by atoms with Gasteiger partial charge in [0.15, 0.2) is 5.16 Å². The molecular formula is C14H18N6O3S. The molecule has 0 aliphatic heterocycles. The van der Waals surface area contributed by atoms with Gasteiger partial charge in [-0.2, -0.15) is 0 Å². The van der Waals surface area contributed by atoms with E-state index in [1.165, 1.54) is 23.9 Å². The van der Waals surface area contributed by atoms with Crippen molar-refractivity contribution in [3.63, 3.8) is 0 Å². The third kappa shape index (κ3) is 4.95. The van der Waals surface area contributed by atoms with E-state index >= 15 is 0 Å². The number of aryl methyl sites for hydroxylation is 1. The molecule has 2 N–H and O–H groups in total. The second kappa shape index (κ2) is 8.29. The summed E-state index contributed by atoms with van der Waals surface area (Å²) in [7, 11) is 1.82. The van der Waals surface area contributed by atoms with E-state index in [0.29, 0.717) is 18.2 Å². The van der Waals surface area contributed by atoms with Gasteiger partial charge in [-0.25, -0.2) is 0 Å². The summed E-state index contributed by atoms with van der Waals surface area (Å²) >= 11 is 1.34. The smallest absolute Gasteiger partial charge is 0.269 e. The maximum Gasteiger partial charge on any atom is 0.269 e. The number of anilines is 1. The molecule has 0 radical (unpaired) electrons. The molecule has 0 fully saturated rings. The SMILES string of the molecule is C[C@@H](Sc1nncn1C)C(=O)NCCNc1ccc([N+](=O)[O-])cc1. The van der Waals surface area contributed by atoms with E-state index in [1.807, 2.05) is 7.05 Å². The van der Waals surface area contributed by atoms with Crippen molar-refractivity contribution in [1.82, 2.24) is 20.1 Å². The van der Waals surface area contributed by atoms with Gasteiger partial charge >= 0.3 is 0 Å². The van der Waals surface area contributed by atoms with Crippen LogP contribution in [0.15, 0.2) is 35.7 Å². The number of nitrogens with one attached hydrogen (secondary N) is 2. The van der Waals surface area contributed by atoms with Gasteiger partial charge in [0, 0.05) is 38.0 Å². The average molecular weight is 350 g/mol. The van der Waals surface area contributed by atoms with Crippen LogP contribution in [-0.4, -0.2) is 43.9 Å². The van der Waals surface area contributed by atoms with Gasteiger partial charge in [0.2, 0.25) is 5.91 Å². The molecule has 1 heterocycles. The van der Waals surface area contributed by atoms with Gasteiger partial charge in [0.05, 0.1) is 10.2 Å². The van der Waals surface area contributed by atoms with Crippen molar-refractivity contribution < 1.29 is 9.72 Å². The molecule has 128 valence electrons. The number of rotatable bonds is 8. The number of aromatic nitrogens is 3. The van der Waals surface area contributed by atoms with Crippen LogP contribution in [0.25, 0.3) is 0 Å². The highest BCUT2D eigenvalue weighted by Crippen LogP contribution is 2.19. The second-order valence-corrected chi connectivity index (χ2v) is 6.31. The Morgan fingerprint density at radius 1 is 1.38 bits per heavy atom. The Morgan fingerprint density at radius 2 is 2.08 bits per heavy atom. The first-order chi connectivity index (χ1) is 11.5. The lowest BCUT2D eigenvalue weighted by atomic mass is 10.3. The quantitative estimate of drug-likeness (QED) is 0.320. The molecule has 0 aliphatic carbocycles. The summed E-state index contributed by atoms with van der Waals surface area (Å²) in [4.78, 5) is 22.1. The summed E-state index contributed by atoms with van der Waals surface area (Å²) in [5.41, 5.74) is 0.805. The number of nitro benzene ring substituents is 1. The molecule has 0 spiro atoms. The summed E-state index contributed by atoms with van der Waals surface area (Å²) in [6, 6.07) is 6.13. The molecular weight excluding hydrogens is 332 g/mol. The highest BCUT2D eigenvalue weighted by molar-refractivity contribution is 8.00. The number of benzene rings is 1. The third-order valence-electron chi connectivity index (χ3n) is 3.15. The highest BCUT2D eigenvalue weighted by Gasteiger charge is 2.16. The first-order valence-electron chi connectivity index (χ1n) is 7.24. The minimum Gasteiger partial charge on any atom is -0.383 e. The molecule has 1 aromatic carbocycles. The van der Waals surface area contributed by atoms with E-state index in [0.717, 1.165) is 5.69 Å². The summed E-state index contributed by atoms with van der Waals surface area (Å²) in [6.07, 6.45) is 1.58. The minimum atomic E-state index is -0.444. The average Bonchev–Trinajstić information content (AvgIpc) is 2.96. The normalized spacial score (nSPS) is 11.8. The van der Waals surface area contributed by atoms with Crippen LogP contribution < -0.4 is 10.6 Å². The van der Waals surface area contributed by atoms with Crippen LogP contribution in [0.3, 0.4) is 0 Å². The van der Waals surface area contributed by atoms with Crippen LogP contribution >= 0.6 is 11.8 Å². The summed E-state index contributed by atoms with van der Waals surface area (Å²) in [5, 5.41) is 24.6. The molecule has 0 bridgehead atoms. The number of hydrogen-bond acceptors (Lipinski definition) is 7. The molecule has 1 aromatic heterocycles. The lowest BCUT2D eigenvalue weighted by Gasteiger charge is -2.12. The number of nitrogens with zero attached hydrogens (tertiary/aromatic N) is 4. The maximum atomic E-state index is 12.0. The van der Waals surface area contributed by atoms with Gasteiger partial charge < -0.3 is 15.2 Å². The number of carbonyl (C=O) groups is 1. The zero-order chi connectivity index (χ0) is 17.5. The van der Waals surface area contributed by atoms with Crippen molar-refractivity contribution in [3.05, 3.63) is 40.7 Å². The van der Waals surface area contributed by atoms with Crippen LogP contribution in [0.5, 0.6) is 0 Å². The van der Waals surface area contributed by atoms with Crippen molar-refractivity contribution in [2.24, 2.45) is 7.05 Å². The van der Waals surface area contributed by atoms with Crippen LogP contribution in [0, 0.1) is 10.1 Å². The van der Waals surface area contributed by atoms with Gasteiger partial charge in [-0.05, 0) is 19.1 Å². The molecule has 1 amide bonds. The van der Waals surface area contributed by atoms with E-state index in [4.69, 9.17) is 0 Å². The number of amides is 1. The van der Waals surface area contributed by atoms with Crippen molar-refractivity contribution in [3.8, 4) is 0 Å². The molecule has 0 aliphatic rings. The van der Waals surface area contributed by atoms with Gasteiger partial charge in [0.1, 0.15) is 6.33 Å². The first kappa shape index (κ1) is 17.7. The fraction of sp³-hybridized carbons (Fsp3) is 0.357. The molecule has 0 saturated carbocycles. The molecule has 2 rings (SSSR count). The van der Waals surface area contributed by atoms with Crippen LogP contribution in [0.1, 0.15) is 6.92 Å². The van der Waals surface area contributed by atoms with E-state index < -0.39 is 4.92 Å². The van der Waals surface area contributed by atoms with Crippen molar-refractivity contribution in [2.75, 3.05) is 18.4 Å². The molecule has 2 aromatic rings. The molecule has 9 nitrogen and oxygen atoms in total. The van der Waals surface area contributed by atoms with Gasteiger partial charge in [-0.3, -0.25) is 14.9 Å². The Labute approximate surface area is 143 Å². The number of non-ortho nitro benzene ring substituents is 1. The van der Waals surface area contributed by atoms with Gasteiger partial charge in [0.25, 0.3) is 5.69 Å². The Balaban J connectivity index is 1.70. The Hall–Kier alpha value is -2.62. The van der Waals surface area contributed by atoms with Gasteiger partial charge in [-0.1, -0.05) is 11.8 Å². The van der Waals surface area contributed by atoms with Crippen LogP contribution in [-0.2, 0) is 11.8 Å². The molecule has 1 atom stereocenters. The second-order valence-electron chi connectivity index (χ2n) is 5.01. The van der Waals surface area contributed by atoms with Crippen LogP contribution in [0.4, 0.5) is 11.4 Å². The molecule has 10 heteroatoms. The van der Waals surface area contributed by atoms with E-state index in [2.05, 4.69) is 20.8 Å². The molecule has 0 saturated heterocycles. The predicted molar refractivity (Wildman–Crippen MR) is 90.9 cm³/mol. The number of carbonyl (C=O) groups excluding carboxylic acids is 1. The minimum absolute atomic E-state index is 0.0449. The Bertz CT molecular complexity index is 703. The van der Waals surface area contributed by atoms with Gasteiger partial charge in [-0.15, -0.1) is 10.2 Å². The molecule has 24 heavy (non-hydrogen) atoms. The summed E-state index contributed by atoms with van der Waals surface area (Å²) in [6.45, 7) is 2.77. The van der Waals surface area contributed by atoms with Crippen LogP contribution in [0.2, 0.25) is 0 Å². The standard InChI is InChI=1S/C14H18N6O3S/c1-10(24-14-18-17-9-19(14)2)13(21)16-8-7-15-11-3-5-12(6-4-11)20(22)23/h3-6,9-10,15H,7-8H2,1-2H3,(H,16,21)/t10-/m1/s1. The predicted octanol–water partition coefficient (Wildman–Crippen LogP) is 1.43. The number of hydrogen-bond donors (Lipinski definition) is 2. The lowest BCUT2D eigenvalue weighted by Crippen LogP contribution is -2.34. The monoisotopic (exact) mass is 350 g/mol. The lowest BCUT2D eigenvalue weighted by molar-refractivity contribution is -0.384. The maximum absolute atomic E-state index is 12.0. The zero-order valence-corrected chi connectivity index (χ0v) is 14.1. The number of nitro groups is 1. The summed E-state index contributed by atoms with van der Waals surface area (Å²) in [5.74, 6) is -0.0894. The zero-order valence-electron chi connectivity index (χ0n) is 13.3. The Morgan fingerprint density at radius 3 is 2.67 bits per heavy atom. The van der Waals surface area contributed by atoms with Crippen molar-refractivity contribution in [2.45, 2.75) is 17.3 Å².